The summed E-state index contributed by atoms with van der Waals surface area (Å²) in [5.41, 5.74) is 1.24. The number of carbonyl (C=O) groups is 2. The number of benzene rings is 1. The van der Waals surface area contributed by atoms with Crippen LogP contribution in [0.5, 0.6) is 0 Å². The molecule has 2 N–H and O–H groups in total. The van der Waals surface area contributed by atoms with Crippen LogP contribution in [0.25, 0.3) is 0 Å². The first-order valence-corrected chi connectivity index (χ1v) is 23.8. The van der Waals surface area contributed by atoms with E-state index in [-0.39, 0.29) is 0 Å². The van der Waals surface area contributed by atoms with Gasteiger partial charge >= 0.3 is 12.2 Å². The van der Waals surface area contributed by atoms with Crippen LogP contribution < -0.4 is 10.6 Å². The molecule has 0 aromatic heterocycles. The van der Waals surface area contributed by atoms with E-state index in [0.717, 1.165) is 51.9 Å². The normalized spacial score (nSPS) is 11.4. The van der Waals surface area contributed by atoms with Gasteiger partial charge in [0.25, 0.3) is 0 Å². The average molecular weight is 787 g/mol. The monoisotopic (exact) mass is 787 g/mol. The number of anilines is 2. The fraction of sp³-hybridized carbons (Fsp3) is 0.833. The van der Waals surface area contributed by atoms with E-state index >= 15 is 0 Å². The topological polar surface area (TPSA) is 83.1 Å². The lowest BCUT2D eigenvalue weighted by molar-refractivity contribution is 0.156. The van der Waals surface area contributed by atoms with E-state index in [4.69, 9.17) is 9.47 Å². The molecule has 0 aliphatic carbocycles. The minimum Gasteiger partial charge on any atom is -0.449 e. The summed E-state index contributed by atoms with van der Waals surface area (Å²) in [5.74, 6) is 0. The summed E-state index contributed by atoms with van der Waals surface area (Å²) in [7, 11) is 4.38. The molecule has 0 spiro atoms. The molecule has 326 valence electrons. The number of nitrogens with zero attached hydrogens (tertiary/aromatic N) is 2. The molecule has 8 heteroatoms. The number of hydrogen-bond donors (Lipinski definition) is 2. The summed E-state index contributed by atoms with van der Waals surface area (Å²) in [5, 5.41) is 5.53. The predicted octanol–water partition coefficient (Wildman–Crippen LogP) is 14.4. The van der Waals surface area contributed by atoms with Crippen LogP contribution in [0.3, 0.4) is 0 Å². The van der Waals surface area contributed by atoms with Crippen LogP contribution in [0.1, 0.15) is 206 Å². The standard InChI is InChI=1S/C48H90N4O4/c1-5-7-9-11-13-15-17-19-21-23-25-27-29-39-51(3)41-31-33-43-55-47(53)49-45-35-37-46(38-36-45)50-48(54)56-44-34-32-42-52(4)40-30-28-26-24-22-20-18-16-14-12-10-8-6-2/h35-38H,5-34,39-44H2,1-4H3,(H,49,53)(H,50,54). The van der Waals surface area contributed by atoms with E-state index in [1.165, 1.54) is 167 Å². The van der Waals surface area contributed by atoms with Gasteiger partial charge in [-0.2, -0.15) is 0 Å². The molecule has 8 nitrogen and oxygen atoms in total. The number of rotatable bonds is 40. The van der Waals surface area contributed by atoms with Crippen molar-refractivity contribution < 1.29 is 19.1 Å². The molecule has 1 aromatic carbocycles. The first kappa shape index (κ1) is 51.7. The van der Waals surface area contributed by atoms with Crippen molar-refractivity contribution >= 4 is 23.6 Å². The summed E-state index contributed by atoms with van der Waals surface area (Å²) < 4.78 is 10.8. The maximum atomic E-state index is 12.3. The van der Waals surface area contributed by atoms with Gasteiger partial charge < -0.3 is 19.3 Å². The molecule has 0 saturated heterocycles. The number of hydrogen-bond acceptors (Lipinski definition) is 6. The molecular weight excluding hydrogens is 697 g/mol. The minimum atomic E-state index is -0.458. The highest BCUT2D eigenvalue weighted by molar-refractivity contribution is 5.87. The zero-order chi connectivity index (χ0) is 40.6. The van der Waals surface area contributed by atoms with Crippen molar-refractivity contribution in [2.45, 2.75) is 206 Å². The summed E-state index contributed by atoms with van der Waals surface area (Å²) in [6.07, 6.45) is 38.8. The molecule has 2 amide bonds. The number of carbonyl (C=O) groups excluding carboxylic acids is 2. The van der Waals surface area contributed by atoms with Gasteiger partial charge in [-0.1, -0.05) is 168 Å². The van der Waals surface area contributed by atoms with Gasteiger partial charge in [-0.25, -0.2) is 9.59 Å². The van der Waals surface area contributed by atoms with Crippen LogP contribution in [-0.2, 0) is 9.47 Å². The van der Waals surface area contributed by atoms with E-state index in [9.17, 15) is 9.59 Å². The summed E-state index contributed by atoms with van der Waals surface area (Å²) in [4.78, 5) is 29.3. The van der Waals surface area contributed by atoms with Crippen LogP contribution >= 0.6 is 0 Å². The maximum Gasteiger partial charge on any atom is 0.411 e. The van der Waals surface area contributed by atoms with E-state index in [1.54, 1.807) is 24.3 Å². The fourth-order valence-electron chi connectivity index (χ4n) is 7.26. The Morgan fingerprint density at radius 2 is 0.625 bits per heavy atom. The highest BCUT2D eigenvalue weighted by Crippen LogP contribution is 2.16. The van der Waals surface area contributed by atoms with Gasteiger partial charge in [-0.15, -0.1) is 0 Å². The molecule has 1 rings (SSSR count). The van der Waals surface area contributed by atoms with Crippen LogP contribution in [-0.4, -0.2) is 75.5 Å². The highest BCUT2D eigenvalue weighted by Gasteiger charge is 2.07. The van der Waals surface area contributed by atoms with E-state index in [2.05, 4.69) is 48.4 Å². The van der Waals surface area contributed by atoms with E-state index < -0.39 is 12.2 Å². The molecule has 0 unspecified atom stereocenters. The van der Waals surface area contributed by atoms with Crippen LogP contribution in [0.2, 0.25) is 0 Å². The molecular formula is C48H90N4O4. The van der Waals surface area contributed by atoms with Crippen molar-refractivity contribution in [1.82, 2.24) is 9.80 Å². The maximum absolute atomic E-state index is 12.3. The summed E-state index contributed by atoms with van der Waals surface area (Å²) in [6.45, 7) is 9.70. The van der Waals surface area contributed by atoms with Crippen molar-refractivity contribution in [1.29, 1.82) is 0 Å². The van der Waals surface area contributed by atoms with Crippen molar-refractivity contribution in [2.75, 3.05) is 64.1 Å². The predicted molar refractivity (Wildman–Crippen MR) is 241 cm³/mol. The third-order valence-corrected chi connectivity index (χ3v) is 11.0. The van der Waals surface area contributed by atoms with Gasteiger partial charge in [0.2, 0.25) is 0 Å². The lowest BCUT2D eigenvalue weighted by Gasteiger charge is -2.16. The Morgan fingerprint density at radius 3 is 0.893 bits per heavy atom. The first-order chi connectivity index (χ1) is 27.4. The lowest BCUT2D eigenvalue weighted by Crippen LogP contribution is -2.21. The van der Waals surface area contributed by atoms with Crippen LogP contribution in [0, 0.1) is 0 Å². The summed E-state index contributed by atoms with van der Waals surface area (Å²) >= 11 is 0. The Hall–Kier alpha value is -2.32. The number of unbranched alkanes of at least 4 members (excludes halogenated alkanes) is 26. The highest BCUT2D eigenvalue weighted by atomic mass is 16.6. The molecule has 0 aliphatic heterocycles. The molecule has 56 heavy (non-hydrogen) atoms. The second-order valence-corrected chi connectivity index (χ2v) is 16.6. The van der Waals surface area contributed by atoms with Gasteiger partial charge in [0.1, 0.15) is 0 Å². The van der Waals surface area contributed by atoms with Gasteiger partial charge in [-0.05, 0) is 103 Å². The van der Waals surface area contributed by atoms with E-state index in [0.29, 0.717) is 24.6 Å². The van der Waals surface area contributed by atoms with Gasteiger partial charge in [-0.3, -0.25) is 10.6 Å². The molecule has 0 heterocycles. The van der Waals surface area contributed by atoms with Gasteiger partial charge in [0.15, 0.2) is 0 Å². The summed E-state index contributed by atoms with van der Waals surface area (Å²) in [6, 6.07) is 6.98. The Morgan fingerprint density at radius 1 is 0.393 bits per heavy atom. The minimum absolute atomic E-state index is 0.402. The molecule has 0 fully saturated rings. The fourth-order valence-corrected chi connectivity index (χ4v) is 7.26. The van der Waals surface area contributed by atoms with Gasteiger partial charge in [0, 0.05) is 11.4 Å². The van der Waals surface area contributed by atoms with Crippen molar-refractivity contribution in [3.8, 4) is 0 Å². The van der Waals surface area contributed by atoms with Crippen molar-refractivity contribution in [2.24, 2.45) is 0 Å². The van der Waals surface area contributed by atoms with E-state index in [1.807, 2.05) is 0 Å². The van der Waals surface area contributed by atoms with Crippen molar-refractivity contribution in [3.05, 3.63) is 24.3 Å². The number of nitrogens with one attached hydrogen (secondary N) is 2. The second kappa shape index (κ2) is 39.5. The first-order valence-electron chi connectivity index (χ1n) is 23.8. The molecule has 0 atom stereocenters. The quantitative estimate of drug-likeness (QED) is 0.0645. The van der Waals surface area contributed by atoms with Crippen LogP contribution in [0.4, 0.5) is 21.0 Å². The smallest absolute Gasteiger partial charge is 0.411 e. The number of amides is 2. The lowest BCUT2D eigenvalue weighted by atomic mass is 10.0. The molecule has 0 bridgehead atoms. The van der Waals surface area contributed by atoms with Crippen molar-refractivity contribution in [3.63, 3.8) is 0 Å². The molecule has 0 radical (unpaired) electrons. The van der Waals surface area contributed by atoms with Gasteiger partial charge in [0.05, 0.1) is 13.2 Å². The zero-order valence-corrected chi connectivity index (χ0v) is 37.3. The Kier molecular flexibility index (Phi) is 36.5. The molecule has 1 aromatic rings. The third kappa shape index (κ3) is 34.9. The Bertz CT molecular complexity index is 928. The second-order valence-electron chi connectivity index (χ2n) is 16.6. The largest absolute Gasteiger partial charge is 0.449 e. The average Bonchev–Trinajstić information content (AvgIpc) is 3.19. The number of ether oxygens (including phenoxy) is 2. The Labute approximate surface area is 346 Å². The molecule has 0 saturated carbocycles. The zero-order valence-electron chi connectivity index (χ0n) is 37.3. The molecule has 0 aliphatic rings. The SMILES string of the molecule is CCCCCCCCCCCCCCCN(C)CCCCOC(=O)Nc1ccc(NC(=O)OCCCCN(C)CCCCCCCCCCCCCCC)cc1. The third-order valence-electron chi connectivity index (χ3n) is 11.0. The van der Waals surface area contributed by atoms with Crippen LogP contribution in [0.15, 0.2) is 24.3 Å². The Balaban J connectivity index is 1.94.